The summed E-state index contributed by atoms with van der Waals surface area (Å²) in [4.78, 5) is -1.41. The van der Waals surface area contributed by atoms with Crippen LogP contribution in [0.3, 0.4) is 0 Å². The van der Waals surface area contributed by atoms with Crippen molar-refractivity contribution in [1.82, 2.24) is 0 Å². The molecule has 0 radical (unpaired) electrons. The minimum atomic E-state index is -1.41. The average molecular weight is 327 g/mol. The first-order valence-electron chi connectivity index (χ1n) is 7.13. The summed E-state index contributed by atoms with van der Waals surface area (Å²) in [6.07, 6.45) is 4.04. The minimum absolute atomic E-state index is 0.00428. The number of nitrogens with zero attached hydrogens (tertiary/aromatic N) is 2. The van der Waals surface area contributed by atoms with Crippen molar-refractivity contribution in [2.75, 3.05) is 0 Å². The van der Waals surface area contributed by atoms with Crippen molar-refractivity contribution in [2.24, 2.45) is 10.2 Å². The molecule has 2 atom stereocenters. The molecule has 0 fully saturated rings. The third kappa shape index (κ3) is 3.33. The average Bonchev–Trinajstić information content (AvgIpc) is 2.58. The van der Waals surface area contributed by atoms with Gasteiger partial charge in [-0.25, -0.2) is 0 Å². The van der Waals surface area contributed by atoms with E-state index < -0.39 is 11.1 Å². The Hall–Kier alpha value is -2.43. The summed E-state index contributed by atoms with van der Waals surface area (Å²) >= 11 is 6.45. The van der Waals surface area contributed by atoms with Crippen LogP contribution in [0.15, 0.2) is 83.1 Å². The maximum atomic E-state index is 10.2. The van der Waals surface area contributed by atoms with Gasteiger partial charge >= 0.3 is 0 Å². The molecule has 1 aliphatic rings. The fourth-order valence-electron chi connectivity index (χ4n) is 2.26. The van der Waals surface area contributed by atoms with Gasteiger partial charge in [0.1, 0.15) is 17.5 Å². The summed E-state index contributed by atoms with van der Waals surface area (Å²) in [5, 5.41) is 27.9. The molecule has 5 heteroatoms. The van der Waals surface area contributed by atoms with Gasteiger partial charge in [0.25, 0.3) is 0 Å². The summed E-state index contributed by atoms with van der Waals surface area (Å²) in [6.45, 7) is 0. The molecular weight excluding hydrogens is 312 g/mol. The number of allylic oxidation sites excluding steroid dienone is 2. The largest absolute Gasteiger partial charge is 0.506 e. The van der Waals surface area contributed by atoms with Crippen molar-refractivity contribution in [3.63, 3.8) is 0 Å². The van der Waals surface area contributed by atoms with Crippen molar-refractivity contribution in [2.45, 2.75) is 11.1 Å². The smallest absolute Gasteiger partial charge is 0.203 e. The van der Waals surface area contributed by atoms with Crippen LogP contribution in [0, 0.1) is 0 Å². The molecule has 0 aliphatic heterocycles. The molecule has 0 unspecified atom stereocenters. The Morgan fingerprint density at radius 1 is 1.00 bits per heavy atom. The normalized spacial score (nSPS) is 23.9. The maximum Gasteiger partial charge on any atom is 0.203 e. The summed E-state index contributed by atoms with van der Waals surface area (Å²) < 4.78 is 0. The second kappa shape index (κ2) is 6.36. The molecule has 0 aromatic heterocycles. The molecule has 0 heterocycles. The van der Waals surface area contributed by atoms with Gasteiger partial charge in [0, 0.05) is 0 Å². The number of rotatable bonds is 3. The Labute approximate surface area is 139 Å². The lowest BCUT2D eigenvalue weighted by molar-refractivity contribution is 0.189. The van der Waals surface area contributed by atoms with E-state index in [0.717, 1.165) is 11.1 Å². The SMILES string of the molecule is Oc1ccccc1N=N[C@@]1(Cl)C=C(c2ccccc2)C=C[C@H]1O. The number of hydrogen-bond acceptors (Lipinski definition) is 4. The van der Waals surface area contributed by atoms with Crippen molar-refractivity contribution in [1.29, 1.82) is 0 Å². The van der Waals surface area contributed by atoms with Gasteiger partial charge in [0.2, 0.25) is 5.00 Å². The Morgan fingerprint density at radius 2 is 1.70 bits per heavy atom. The van der Waals surface area contributed by atoms with Gasteiger partial charge < -0.3 is 10.2 Å². The monoisotopic (exact) mass is 326 g/mol. The maximum absolute atomic E-state index is 10.2. The van der Waals surface area contributed by atoms with E-state index in [1.165, 1.54) is 6.07 Å². The standard InChI is InChI=1S/C18H15ClN2O2/c19-18(21-20-15-8-4-5-9-16(15)22)12-14(10-11-17(18)23)13-6-2-1-3-7-13/h1-12,17,22-23H/t17-,18+/m1/s1. The van der Waals surface area contributed by atoms with Crippen LogP contribution in [-0.2, 0) is 0 Å². The van der Waals surface area contributed by atoms with Gasteiger partial charge in [-0.05, 0) is 29.3 Å². The molecule has 2 aromatic carbocycles. The van der Waals surface area contributed by atoms with Crippen LogP contribution >= 0.6 is 11.6 Å². The van der Waals surface area contributed by atoms with Crippen molar-refractivity contribution >= 4 is 22.9 Å². The molecule has 2 aromatic rings. The van der Waals surface area contributed by atoms with E-state index in [4.69, 9.17) is 11.6 Å². The Kier molecular flexibility index (Phi) is 4.28. The van der Waals surface area contributed by atoms with Crippen LogP contribution in [0.5, 0.6) is 5.75 Å². The van der Waals surface area contributed by atoms with Crippen LogP contribution in [-0.4, -0.2) is 21.3 Å². The lowest BCUT2D eigenvalue weighted by Gasteiger charge is -2.26. The number of benzene rings is 2. The second-order valence-electron chi connectivity index (χ2n) is 5.19. The molecule has 0 bridgehead atoms. The summed E-state index contributed by atoms with van der Waals surface area (Å²) in [5.74, 6) is 0.00428. The van der Waals surface area contributed by atoms with E-state index in [1.807, 2.05) is 30.3 Å². The molecule has 0 amide bonds. The first-order chi connectivity index (χ1) is 11.1. The van der Waals surface area contributed by atoms with Gasteiger partial charge in [0.05, 0.1) is 0 Å². The van der Waals surface area contributed by atoms with Crippen LogP contribution in [0.25, 0.3) is 5.57 Å². The van der Waals surface area contributed by atoms with Crippen molar-refractivity contribution in [3.8, 4) is 5.75 Å². The first-order valence-corrected chi connectivity index (χ1v) is 7.51. The number of phenols is 1. The molecule has 2 N–H and O–H groups in total. The number of para-hydroxylation sites is 1. The van der Waals surface area contributed by atoms with E-state index in [9.17, 15) is 10.2 Å². The Morgan fingerprint density at radius 3 is 2.43 bits per heavy atom. The van der Waals surface area contributed by atoms with E-state index in [2.05, 4.69) is 10.2 Å². The highest BCUT2D eigenvalue weighted by Gasteiger charge is 2.35. The lowest BCUT2D eigenvalue weighted by Crippen LogP contribution is -2.33. The van der Waals surface area contributed by atoms with E-state index >= 15 is 0 Å². The Bertz CT molecular complexity index is 787. The third-order valence-electron chi connectivity index (χ3n) is 3.53. The number of halogens is 1. The molecular formula is C18H15ClN2O2. The fourth-order valence-corrected chi connectivity index (χ4v) is 2.49. The van der Waals surface area contributed by atoms with Gasteiger partial charge in [-0.15, -0.1) is 5.11 Å². The lowest BCUT2D eigenvalue weighted by atomic mass is 9.95. The highest BCUT2D eigenvalue weighted by Crippen LogP contribution is 2.36. The van der Waals surface area contributed by atoms with Crippen LogP contribution in [0.4, 0.5) is 5.69 Å². The zero-order valence-electron chi connectivity index (χ0n) is 12.2. The molecule has 0 saturated carbocycles. The topological polar surface area (TPSA) is 65.2 Å². The highest BCUT2D eigenvalue weighted by molar-refractivity contribution is 6.26. The number of aliphatic hydroxyl groups excluding tert-OH is 1. The highest BCUT2D eigenvalue weighted by atomic mass is 35.5. The van der Waals surface area contributed by atoms with Crippen LogP contribution < -0.4 is 0 Å². The zero-order chi connectivity index (χ0) is 16.3. The molecule has 0 spiro atoms. The van der Waals surface area contributed by atoms with Crippen molar-refractivity contribution in [3.05, 3.63) is 78.4 Å². The fraction of sp³-hybridized carbons (Fsp3) is 0.111. The van der Waals surface area contributed by atoms with E-state index in [0.29, 0.717) is 5.69 Å². The van der Waals surface area contributed by atoms with Gasteiger partial charge in [-0.1, -0.05) is 66.2 Å². The first kappa shape index (κ1) is 15.5. The summed E-state index contributed by atoms with van der Waals surface area (Å²) in [5.41, 5.74) is 2.12. The molecule has 4 nitrogen and oxygen atoms in total. The summed E-state index contributed by atoms with van der Waals surface area (Å²) in [7, 11) is 0. The zero-order valence-corrected chi connectivity index (χ0v) is 12.9. The predicted octanol–water partition coefficient (Wildman–Crippen LogP) is 4.43. The Balaban J connectivity index is 1.94. The van der Waals surface area contributed by atoms with Gasteiger partial charge in [-0.3, -0.25) is 0 Å². The van der Waals surface area contributed by atoms with E-state index in [-0.39, 0.29) is 5.75 Å². The molecule has 23 heavy (non-hydrogen) atoms. The summed E-state index contributed by atoms with van der Waals surface area (Å²) in [6, 6.07) is 16.2. The molecule has 116 valence electrons. The minimum Gasteiger partial charge on any atom is -0.506 e. The van der Waals surface area contributed by atoms with Crippen molar-refractivity contribution < 1.29 is 10.2 Å². The predicted molar refractivity (Wildman–Crippen MR) is 90.8 cm³/mol. The number of phenolic OH excluding ortho intramolecular Hbond substituents is 1. The quantitative estimate of drug-likeness (QED) is 0.498. The van der Waals surface area contributed by atoms with Gasteiger partial charge in [0.15, 0.2) is 0 Å². The second-order valence-corrected chi connectivity index (χ2v) is 5.79. The van der Waals surface area contributed by atoms with Gasteiger partial charge in [-0.2, -0.15) is 5.11 Å². The third-order valence-corrected chi connectivity index (χ3v) is 3.94. The van der Waals surface area contributed by atoms with E-state index in [1.54, 1.807) is 36.4 Å². The number of aliphatic hydroxyl groups is 1. The number of alkyl halides is 1. The van der Waals surface area contributed by atoms with Crippen LogP contribution in [0.1, 0.15) is 5.56 Å². The number of hydrogen-bond donors (Lipinski definition) is 2. The number of aromatic hydroxyl groups is 1. The number of azo groups is 1. The molecule has 0 saturated heterocycles. The van der Waals surface area contributed by atoms with Crippen LogP contribution in [0.2, 0.25) is 0 Å². The molecule has 3 rings (SSSR count). The molecule has 1 aliphatic carbocycles.